The van der Waals surface area contributed by atoms with Crippen LogP contribution in [0.15, 0.2) is 67.4 Å². The van der Waals surface area contributed by atoms with Crippen LogP contribution in [-0.2, 0) is 0 Å². The Morgan fingerprint density at radius 2 is 2.12 bits per heavy atom. The Kier molecular flexibility index (Phi) is 3.89. The second-order valence-electron chi connectivity index (χ2n) is 5.89. The lowest BCUT2D eigenvalue weighted by Gasteiger charge is -2.19. The van der Waals surface area contributed by atoms with Gasteiger partial charge in [-0.3, -0.25) is 10.1 Å². The minimum absolute atomic E-state index is 0.0602. The van der Waals surface area contributed by atoms with E-state index >= 15 is 0 Å². The monoisotopic (exact) mass is 348 g/mol. The molecule has 0 radical (unpaired) electrons. The van der Waals surface area contributed by atoms with Gasteiger partial charge in [0.2, 0.25) is 0 Å². The number of rotatable bonds is 5. The Labute approximate surface area is 149 Å². The fourth-order valence-electron chi connectivity index (χ4n) is 3.27. The van der Waals surface area contributed by atoms with Crippen LogP contribution in [0, 0.1) is 10.1 Å². The van der Waals surface area contributed by atoms with Gasteiger partial charge in [0.1, 0.15) is 0 Å². The standard InChI is InChI=1S/C19H16N4O3/c1-26-18-7-6-13(10-17(18)23(24)25)19(22-9-8-20-12-22)15-11-21-16-5-3-2-4-14(15)16/h2-12,19,21H,1H3. The van der Waals surface area contributed by atoms with E-state index in [0.29, 0.717) is 0 Å². The predicted octanol–water partition coefficient (Wildman–Crippen LogP) is 3.92. The molecule has 4 rings (SSSR count). The number of nitro benzene ring substituents is 1. The Hall–Kier alpha value is -3.61. The predicted molar refractivity (Wildman–Crippen MR) is 97.4 cm³/mol. The molecular weight excluding hydrogens is 332 g/mol. The maximum absolute atomic E-state index is 11.4. The lowest BCUT2D eigenvalue weighted by molar-refractivity contribution is -0.385. The summed E-state index contributed by atoms with van der Waals surface area (Å²) in [6.45, 7) is 0. The summed E-state index contributed by atoms with van der Waals surface area (Å²) in [4.78, 5) is 18.4. The first-order valence-corrected chi connectivity index (χ1v) is 8.05. The van der Waals surface area contributed by atoms with E-state index < -0.39 is 4.92 Å². The van der Waals surface area contributed by atoms with Crippen molar-refractivity contribution < 1.29 is 9.66 Å². The SMILES string of the molecule is COc1ccc(C(c2c[nH]c3ccccc23)n2ccnc2)cc1[N+](=O)[O-]. The zero-order chi connectivity index (χ0) is 18.1. The molecule has 0 aliphatic heterocycles. The summed E-state index contributed by atoms with van der Waals surface area (Å²) in [6.07, 6.45) is 7.19. The van der Waals surface area contributed by atoms with E-state index in [1.54, 1.807) is 24.7 Å². The molecule has 0 amide bonds. The van der Waals surface area contributed by atoms with Crippen LogP contribution < -0.4 is 4.74 Å². The Bertz CT molecular complexity index is 1070. The van der Waals surface area contributed by atoms with Crippen LogP contribution in [0.2, 0.25) is 0 Å². The lowest BCUT2D eigenvalue weighted by Crippen LogP contribution is -2.11. The van der Waals surface area contributed by atoms with Gasteiger partial charge < -0.3 is 14.3 Å². The average molecular weight is 348 g/mol. The number of fused-ring (bicyclic) bond motifs is 1. The number of nitrogens with zero attached hydrogens (tertiary/aromatic N) is 3. The van der Waals surface area contributed by atoms with Crippen molar-refractivity contribution in [2.75, 3.05) is 7.11 Å². The van der Waals surface area contributed by atoms with Crippen molar-refractivity contribution in [1.82, 2.24) is 14.5 Å². The van der Waals surface area contributed by atoms with E-state index in [0.717, 1.165) is 22.0 Å². The molecule has 7 heteroatoms. The fraction of sp³-hybridized carbons (Fsp3) is 0.105. The maximum atomic E-state index is 11.4. The summed E-state index contributed by atoms with van der Waals surface area (Å²) >= 11 is 0. The number of nitro groups is 1. The van der Waals surface area contributed by atoms with Gasteiger partial charge in [-0.25, -0.2) is 4.98 Å². The molecule has 0 saturated heterocycles. The highest BCUT2D eigenvalue weighted by Gasteiger charge is 2.24. The number of aromatic amines is 1. The number of aromatic nitrogens is 3. The van der Waals surface area contributed by atoms with Crippen LogP contribution >= 0.6 is 0 Å². The summed E-state index contributed by atoms with van der Waals surface area (Å²) in [5, 5.41) is 12.5. The fourth-order valence-corrected chi connectivity index (χ4v) is 3.27. The van der Waals surface area contributed by atoms with Gasteiger partial charge in [0.25, 0.3) is 0 Å². The molecule has 0 bridgehead atoms. The third kappa shape index (κ3) is 2.59. The van der Waals surface area contributed by atoms with Gasteiger partial charge in [0.15, 0.2) is 5.75 Å². The zero-order valence-electron chi connectivity index (χ0n) is 14.0. The van der Waals surface area contributed by atoms with E-state index in [4.69, 9.17) is 4.74 Å². The Morgan fingerprint density at radius 1 is 1.27 bits per heavy atom. The van der Waals surface area contributed by atoms with Crippen LogP contribution in [0.5, 0.6) is 5.75 Å². The molecule has 1 N–H and O–H groups in total. The summed E-state index contributed by atoms with van der Waals surface area (Å²) in [5.74, 6) is 0.238. The van der Waals surface area contributed by atoms with Gasteiger partial charge in [-0.2, -0.15) is 0 Å². The van der Waals surface area contributed by atoms with E-state index in [1.165, 1.54) is 7.11 Å². The first kappa shape index (κ1) is 15.9. The number of imidazole rings is 1. The van der Waals surface area contributed by atoms with E-state index in [2.05, 4.69) is 9.97 Å². The molecule has 130 valence electrons. The van der Waals surface area contributed by atoms with Crippen LogP contribution in [0.3, 0.4) is 0 Å². The number of hydrogen-bond donors (Lipinski definition) is 1. The summed E-state index contributed by atoms with van der Waals surface area (Å²) in [5.41, 5.74) is 2.74. The number of nitrogens with one attached hydrogen (secondary N) is 1. The van der Waals surface area contributed by atoms with E-state index in [9.17, 15) is 10.1 Å². The van der Waals surface area contributed by atoms with E-state index in [-0.39, 0.29) is 17.5 Å². The molecule has 26 heavy (non-hydrogen) atoms. The highest BCUT2D eigenvalue weighted by Crippen LogP contribution is 2.36. The molecule has 0 saturated carbocycles. The molecule has 0 spiro atoms. The lowest BCUT2D eigenvalue weighted by atomic mass is 9.97. The number of benzene rings is 2. The molecule has 2 heterocycles. The number of para-hydroxylation sites is 1. The van der Waals surface area contributed by atoms with Gasteiger partial charge in [0.05, 0.1) is 24.4 Å². The molecular formula is C19H16N4O3. The number of hydrogen-bond acceptors (Lipinski definition) is 4. The van der Waals surface area contributed by atoms with Gasteiger partial charge in [-0.05, 0) is 17.7 Å². The van der Waals surface area contributed by atoms with Crippen molar-refractivity contribution >= 4 is 16.6 Å². The van der Waals surface area contributed by atoms with E-state index in [1.807, 2.05) is 47.3 Å². The molecule has 0 fully saturated rings. The van der Waals surface area contributed by atoms with Gasteiger partial charge >= 0.3 is 5.69 Å². The number of H-pyrrole nitrogens is 1. The third-order valence-corrected chi connectivity index (χ3v) is 4.45. The normalized spacial score (nSPS) is 12.2. The van der Waals surface area contributed by atoms with Crippen molar-refractivity contribution in [2.24, 2.45) is 0 Å². The molecule has 2 aromatic heterocycles. The molecule has 1 unspecified atom stereocenters. The van der Waals surface area contributed by atoms with Crippen molar-refractivity contribution in [3.63, 3.8) is 0 Å². The van der Waals surface area contributed by atoms with Crippen molar-refractivity contribution in [1.29, 1.82) is 0 Å². The molecule has 0 aliphatic carbocycles. The van der Waals surface area contributed by atoms with Crippen LogP contribution in [-0.4, -0.2) is 26.6 Å². The van der Waals surface area contributed by atoms with Crippen LogP contribution in [0.25, 0.3) is 10.9 Å². The molecule has 7 nitrogen and oxygen atoms in total. The summed E-state index contributed by atoms with van der Waals surface area (Å²) in [6, 6.07) is 12.8. The Balaban J connectivity index is 1.93. The average Bonchev–Trinajstić information content (AvgIpc) is 3.33. The second-order valence-corrected chi connectivity index (χ2v) is 5.89. The van der Waals surface area contributed by atoms with Crippen LogP contribution in [0.4, 0.5) is 5.69 Å². The third-order valence-electron chi connectivity index (χ3n) is 4.45. The second kappa shape index (κ2) is 6.36. The largest absolute Gasteiger partial charge is 0.490 e. The first-order valence-electron chi connectivity index (χ1n) is 8.05. The molecule has 1 atom stereocenters. The number of methoxy groups -OCH3 is 1. The van der Waals surface area contributed by atoms with Crippen molar-refractivity contribution in [3.05, 3.63) is 88.6 Å². The van der Waals surface area contributed by atoms with Crippen LogP contribution in [0.1, 0.15) is 17.2 Å². The maximum Gasteiger partial charge on any atom is 0.311 e. The molecule has 2 aromatic carbocycles. The molecule has 0 aliphatic rings. The van der Waals surface area contributed by atoms with Crippen molar-refractivity contribution in [2.45, 2.75) is 6.04 Å². The van der Waals surface area contributed by atoms with Gasteiger partial charge in [0, 0.05) is 41.1 Å². The molecule has 4 aromatic rings. The summed E-state index contributed by atoms with van der Waals surface area (Å²) in [7, 11) is 1.43. The number of ether oxygens (including phenoxy) is 1. The smallest absolute Gasteiger partial charge is 0.311 e. The summed E-state index contributed by atoms with van der Waals surface area (Å²) < 4.78 is 7.06. The minimum atomic E-state index is -0.428. The highest BCUT2D eigenvalue weighted by atomic mass is 16.6. The van der Waals surface area contributed by atoms with Gasteiger partial charge in [-0.1, -0.05) is 24.3 Å². The first-order chi connectivity index (χ1) is 12.7. The van der Waals surface area contributed by atoms with Crippen molar-refractivity contribution in [3.8, 4) is 5.75 Å². The Morgan fingerprint density at radius 3 is 2.85 bits per heavy atom. The quantitative estimate of drug-likeness (QED) is 0.437. The minimum Gasteiger partial charge on any atom is -0.490 e. The van der Waals surface area contributed by atoms with Gasteiger partial charge in [-0.15, -0.1) is 0 Å². The highest BCUT2D eigenvalue weighted by molar-refractivity contribution is 5.84. The zero-order valence-corrected chi connectivity index (χ0v) is 14.0. The topological polar surface area (TPSA) is 86.0 Å².